The van der Waals surface area contributed by atoms with E-state index in [9.17, 15) is 0 Å². The third-order valence-electron chi connectivity index (χ3n) is 4.16. The lowest BCUT2D eigenvalue weighted by molar-refractivity contribution is 0.139. The van der Waals surface area contributed by atoms with Crippen molar-refractivity contribution in [3.05, 3.63) is 11.9 Å². The zero-order valence-electron chi connectivity index (χ0n) is 12.0. The number of nitrogen functional groups attached to an aromatic ring is 1. The van der Waals surface area contributed by atoms with Crippen LogP contribution in [0.2, 0.25) is 0 Å². The summed E-state index contributed by atoms with van der Waals surface area (Å²) in [4.78, 5) is 11.5. The average Bonchev–Trinajstić information content (AvgIpc) is 3.32. The van der Waals surface area contributed by atoms with E-state index in [1.54, 1.807) is 7.11 Å². The predicted molar refractivity (Wildman–Crippen MR) is 78.6 cm³/mol. The topological polar surface area (TPSA) is 76.3 Å². The standard InChI is InChI=1S/C14H23N5O/c1-20-9-10-4-6-19(7-5-10)13-8-12(18-15)16-14(17-13)11-2-3-11/h8,10-11H,2-7,9,15H2,1H3,(H,16,17,18). The molecule has 2 fully saturated rings. The number of methoxy groups -OCH3 is 1. The first-order chi connectivity index (χ1) is 9.80. The molecule has 1 saturated heterocycles. The summed E-state index contributed by atoms with van der Waals surface area (Å²) in [6.45, 7) is 2.92. The number of ether oxygens (including phenoxy) is 1. The molecule has 0 atom stereocenters. The SMILES string of the molecule is COCC1CCN(c2cc(NN)nc(C3CC3)n2)CC1. The zero-order chi connectivity index (χ0) is 13.9. The van der Waals surface area contributed by atoms with Crippen molar-refractivity contribution in [1.29, 1.82) is 0 Å². The van der Waals surface area contributed by atoms with Crippen molar-refractivity contribution in [1.82, 2.24) is 9.97 Å². The van der Waals surface area contributed by atoms with Crippen molar-refractivity contribution in [3.63, 3.8) is 0 Å². The Morgan fingerprint density at radius 2 is 2.05 bits per heavy atom. The number of nitrogens with one attached hydrogen (secondary N) is 1. The fourth-order valence-corrected chi connectivity index (χ4v) is 2.78. The van der Waals surface area contributed by atoms with Gasteiger partial charge in [-0.25, -0.2) is 15.8 Å². The average molecular weight is 277 g/mol. The monoisotopic (exact) mass is 277 g/mol. The number of anilines is 2. The molecule has 1 aliphatic carbocycles. The van der Waals surface area contributed by atoms with Gasteiger partial charge in [-0.1, -0.05) is 0 Å². The summed E-state index contributed by atoms with van der Waals surface area (Å²) in [5.74, 6) is 9.40. The summed E-state index contributed by atoms with van der Waals surface area (Å²) in [5.41, 5.74) is 2.66. The van der Waals surface area contributed by atoms with Gasteiger partial charge in [-0.2, -0.15) is 0 Å². The summed E-state index contributed by atoms with van der Waals surface area (Å²) >= 11 is 0. The molecule has 6 nitrogen and oxygen atoms in total. The van der Waals surface area contributed by atoms with Gasteiger partial charge in [0, 0.05) is 38.8 Å². The van der Waals surface area contributed by atoms with Gasteiger partial charge in [0.2, 0.25) is 0 Å². The Bertz CT molecular complexity index is 455. The number of nitrogens with two attached hydrogens (primary N) is 1. The second-order valence-electron chi connectivity index (χ2n) is 5.77. The van der Waals surface area contributed by atoms with Crippen molar-refractivity contribution in [2.75, 3.05) is 37.1 Å². The van der Waals surface area contributed by atoms with Gasteiger partial charge < -0.3 is 15.1 Å². The molecule has 0 spiro atoms. The minimum atomic E-state index is 0.535. The number of piperidine rings is 1. The number of hydrazine groups is 1. The minimum Gasteiger partial charge on any atom is -0.384 e. The summed E-state index contributed by atoms with van der Waals surface area (Å²) in [7, 11) is 1.78. The van der Waals surface area contributed by atoms with E-state index in [2.05, 4.69) is 15.3 Å². The maximum Gasteiger partial charge on any atom is 0.145 e. The molecule has 1 aromatic rings. The van der Waals surface area contributed by atoms with Crippen LogP contribution in [0.1, 0.15) is 37.4 Å². The number of hydrogen-bond donors (Lipinski definition) is 2. The molecule has 0 aromatic carbocycles. The molecule has 3 N–H and O–H groups in total. The van der Waals surface area contributed by atoms with E-state index in [4.69, 9.17) is 15.6 Å². The highest BCUT2D eigenvalue weighted by Gasteiger charge is 2.28. The van der Waals surface area contributed by atoms with Crippen LogP contribution in [0.5, 0.6) is 0 Å². The Labute approximate surface area is 119 Å². The summed E-state index contributed by atoms with van der Waals surface area (Å²) in [6, 6.07) is 1.95. The van der Waals surface area contributed by atoms with Gasteiger partial charge in [0.1, 0.15) is 17.5 Å². The Balaban J connectivity index is 1.71. The van der Waals surface area contributed by atoms with Gasteiger partial charge in [0.15, 0.2) is 0 Å². The van der Waals surface area contributed by atoms with E-state index in [-0.39, 0.29) is 0 Å². The van der Waals surface area contributed by atoms with Crippen molar-refractivity contribution in [3.8, 4) is 0 Å². The highest BCUT2D eigenvalue weighted by Crippen LogP contribution is 2.39. The fourth-order valence-electron chi connectivity index (χ4n) is 2.78. The van der Waals surface area contributed by atoms with Crippen LogP contribution < -0.4 is 16.2 Å². The molecule has 110 valence electrons. The van der Waals surface area contributed by atoms with E-state index in [1.807, 2.05) is 6.07 Å². The van der Waals surface area contributed by atoms with Crippen LogP contribution in [0.25, 0.3) is 0 Å². The van der Waals surface area contributed by atoms with E-state index >= 15 is 0 Å². The first kappa shape index (κ1) is 13.6. The largest absolute Gasteiger partial charge is 0.384 e. The molecule has 1 aliphatic heterocycles. The van der Waals surface area contributed by atoms with Crippen LogP contribution in [0, 0.1) is 5.92 Å². The van der Waals surface area contributed by atoms with Gasteiger partial charge in [-0.3, -0.25) is 0 Å². The number of hydrogen-bond acceptors (Lipinski definition) is 6. The molecule has 0 radical (unpaired) electrons. The zero-order valence-corrected chi connectivity index (χ0v) is 12.0. The van der Waals surface area contributed by atoms with E-state index in [0.717, 1.165) is 50.0 Å². The highest BCUT2D eigenvalue weighted by molar-refractivity contribution is 5.49. The normalized spacial score (nSPS) is 20.2. The minimum absolute atomic E-state index is 0.535. The Morgan fingerprint density at radius 3 is 2.65 bits per heavy atom. The molecule has 2 heterocycles. The van der Waals surface area contributed by atoms with Crippen LogP contribution >= 0.6 is 0 Å². The smallest absolute Gasteiger partial charge is 0.145 e. The Hall–Kier alpha value is -1.40. The summed E-state index contributed by atoms with van der Waals surface area (Å²) in [5, 5.41) is 0. The number of nitrogens with zero attached hydrogens (tertiary/aromatic N) is 3. The van der Waals surface area contributed by atoms with E-state index in [0.29, 0.717) is 11.8 Å². The van der Waals surface area contributed by atoms with Crippen molar-refractivity contribution < 1.29 is 4.74 Å². The molecule has 6 heteroatoms. The molecule has 0 unspecified atom stereocenters. The molecule has 0 amide bonds. The van der Waals surface area contributed by atoms with Crippen LogP contribution in [0.4, 0.5) is 11.6 Å². The maximum atomic E-state index is 5.52. The first-order valence-electron chi connectivity index (χ1n) is 7.39. The van der Waals surface area contributed by atoms with Crippen LogP contribution in [0.15, 0.2) is 6.07 Å². The second kappa shape index (κ2) is 5.93. The van der Waals surface area contributed by atoms with E-state index in [1.165, 1.54) is 12.8 Å². The third kappa shape index (κ3) is 3.02. The molecule has 20 heavy (non-hydrogen) atoms. The van der Waals surface area contributed by atoms with Gasteiger partial charge in [-0.05, 0) is 31.6 Å². The first-order valence-corrected chi connectivity index (χ1v) is 7.39. The summed E-state index contributed by atoms with van der Waals surface area (Å²) in [6.07, 6.45) is 4.71. The molecular formula is C14H23N5O. The van der Waals surface area contributed by atoms with Gasteiger partial charge in [-0.15, -0.1) is 0 Å². The van der Waals surface area contributed by atoms with Crippen LogP contribution in [-0.2, 0) is 4.74 Å². The molecule has 2 aliphatic rings. The lowest BCUT2D eigenvalue weighted by Gasteiger charge is -2.32. The molecule has 0 bridgehead atoms. The lowest BCUT2D eigenvalue weighted by Crippen LogP contribution is -2.35. The fraction of sp³-hybridized carbons (Fsp3) is 0.714. The summed E-state index contributed by atoms with van der Waals surface area (Å²) < 4.78 is 5.25. The second-order valence-corrected chi connectivity index (χ2v) is 5.77. The van der Waals surface area contributed by atoms with Crippen LogP contribution in [-0.4, -0.2) is 36.8 Å². The third-order valence-corrected chi connectivity index (χ3v) is 4.16. The molecule has 1 aromatic heterocycles. The number of rotatable bonds is 5. The van der Waals surface area contributed by atoms with E-state index < -0.39 is 0 Å². The lowest BCUT2D eigenvalue weighted by atomic mass is 9.98. The Morgan fingerprint density at radius 1 is 1.30 bits per heavy atom. The molecule has 3 rings (SSSR count). The van der Waals surface area contributed by atoms with Crippen molar-refractivity contribution in [2.24, 2.45) is 11.8 Å². The number of aromatic nitrogens is 2. The van der Waals surface area contributed by atoms with Gasteiger partial charge in [0.25, 0.3) is 0 Å². The van der Waals surface area contributed by atoms with Crippen LogP contribution in [0.3, 0.4) is 0 Å². The van der Waals surface area contributed by atoms with Gasteiger partial charge in [0.05, 0.1) is 0 Å². The van der Waals surface area contributed by atoms with Crippen molar-refractivity contribution >= 4 is 11.6 Å². The highest BCUT2D eigenvalue weighted by atomic mass is 16.5. The van der Waals surface area contributed by atoms with Gasteiger partial charge >= 0.3 is 0 Å². The predicted octanol–water partition coefficient (Wildman–Crippen LogP) is 1.50. The molecule has 1 saturated carbocycles. The maximum absolute atomic E-state index is 5.52. The quantitative estimate of drug-likeness (QED) is 0.627. The Kier molecular flexibility index (Phi) is 4.03. The van der Waals surface area contributed by atoms with Crippen molar-refractivity contribution in [2.45, 2.75) is 31.6 Å². The molecular weight excluding hydrogens is 254 g/mol.